The van der Waals surface area contributed by atoms with Crippen molar-refractivity contribution in [2.45, 2.75) is 18.4 Å². The first-order valence-electron chi connectivity index (χ1n) is 5.61. The van der Waals surface area contributed by atoms with Gasteiger partial charge in [-0.1, -0.05) is 6.92 Å². The van der Waals surface area contributed by atoms with Crippen LogP contribution in [0.3, 0.4) is 0 Å². The molecule has 1 N–H and O–H groups in total. The zero-order valence-corrected chi connectivity index (χ0v) is 10.8. The van der Waals surface area contributed by atoms with E-state index in [1.165, 1.54) is 16.7 Å². The first-order chi connectivity index (χ1) is 8.64. The normalized spacial score (nSPS) is 12.1. The number of rotatable bonds is 6. The van der Waals surface area contributed by atoms with Crippen molar-refractivity contribution in [1.82, 2.24) is 24.3 Å². The van der Waals surface area contributed by atoms with Crippen LogP contribution < -0.4 is 0 Å². The van der Waals surface area contributed by atoms with Crippen molar-refractivity contribution in [3.8, 4) is 0 Å². The maximum Gasteiger partial charge on any atom is 0.246 e. The Morgan fingerprint density at radius 3 is 2.89 bits per heavy atom. The number of aromatic nitrogens is 4. The van der Waals surface area contributed by atoms with Crippen LogP contribution in [-0.4, -0.2) is 45.8 Å². The lowest BCUT2D eigenvalue weighted by Gasteiger charge is -2.19. The van der Waals surface area contributed by atoms with E-state index < -0.39 is 10.0 Å². The van der Waals surface area contributed by atoms with E-state index in [0.29, 0.717) is 19.6 Å². The van der Waals surface area contributed by atoms with Gasteiger partial charge in [0.25, 0.3) is 0 Å². The molecule has 0 aromatic carbocycles. The molecule has 2 rings (SSSR count). The lowest BCUT2D eigenvalue weighted by Crippen LogP contribution is -2.33. The van der Waals surface area contributed by atoms with Gasteiger partial charge in [0.1, 0.15) is 4.90 Å². The van der Waals surface area contributed by atoms with Gasteiger partial charge in [0.2, 0.25) is 10.0 Å². The van der Waals surface area contributed by atoms with Crippen LogP contribution in [-0.2, 0) is 16.6 Å². The van der Waals surface area contributed by atoms with Crippen molar-refractivity contribution >= 4 is 10.0 Å². The monoisotopic (exact) mass is 269 g/mol. The average molecular weight is 269 g/mol. The molecule has 2 aromatic heterocycles. The van der Waals surface area contributed by atoms with Gasteiger partial charge in [-0.2, -0.15) is 14.5 Å². The zero-order chi connectivity index (χ0) is 13.0. The molecule has 18 heavy (non-hydrogen) atoms. The molecule has 0 spiro atoms. The maximum atomic E-state index is 12.2. The Balaban J connectivity index is 2.09. The van der Waals surface area contributed by atoms with Gasteiger partial charge in [-0.25, -0.2) is 8.42 Å². The summed E-state index contributed by atoms with van der Waals surface area (Å²) < 4.78 is 27.5. The van der Waals surface area contributed by atoms with Gasteiger partial charge >= 0.3 is 0 Å². The van der Waals surface area contributed by atoms with E-state index in [2.05, 4.69) is 15.3 Å². The summed E-state index contributed by atoms with van der Waals surface area (Å²) in [7, 11) is -3.46. The number of H-pyrrole nitrogens is 1. The molecule has 0 saturated heterocycles. The molecular formula is C10H15N5O2S. The van der Waals surface area contributed by atoms with Crippen LogP contribution in [0, 0.1) is 0 Å². The smallest absolute Gasteiger partial charge is 0.246 e. The molecule has 0 fully saturated rings. The second-order valence-corrected chi connectivity index (χ2v) is 5.64. The maximum absolute atomic E-state index is 12.2. The summed E-state index contributed by atoms with van der Waals surface area (Å²) in [6.45, 7) is 3.12. The van der Waals surface area contributed by atoms with Crippen molar-refractivity contribution in [2.75, 3.05) is 13.1 Å². The second kappa shape index (κ2) is 5.32. The van der Waals surface area contributed by atoms with Crippen LogP contribution in [0.4, 0.5) is 0 Å². The summed E-state index contributed by atoms with van der Waals surface area (Å²) in [6, 6.07) is 1.81. The number of nitrogens with zero attached hydrogens (tertiary/aromatic N) is 4. The summed E-state index contributed by atoms with van der Waals surface area (Å²) in [5.41, 5.74) is 0. The number of likely N-dealkylation sites (N-methyl/N-ethyl adjacent to an activating group) is 1. The van der Waals surface area contributed by atoms with E-state index in [-0.39, 0.29) is 4.90 Å². The molecule has 0 aliphatic carbocycles. The fraction of sp³-hybridized carbons (Fsp3) is 0.400. The quantitative estimate of drug-likeness (QED) is 0.818. The first-order valence-corrected chi connectivity index (χ1v) is 7.05. The molecule has 0 aliphatic rings. The molecule has 98 valence electrons. The predicted octanol–water partition coefficient (Wildman–Crippen LogP) is 0.317. The molecule has 0 atom stereocenters. The Morgan fingerprint density at radius 1 is 1.50 bits per heavy atom. The topological polar surface area (TPSA) is 83.9 Å². The second-order valence-electron chi connectivity index (χ2n) is 3.70. The summed E-state index contributed by atoms with van der Waals surface area (Å²) in [6.07, 6.45) is 6.16. The van der Waals surface area contributed by atoms with Crippen LogP contribution in [0.5, 0.6) is 0 Å². The number of sulfonamides is 1. The molecule has 0 aliphatic heterocycles. The third-order valence-electron chi connectivity index (χ3n) is 2.60. The Kier molecular flexibility index (Phi) is 3.78. The van der Waals surface area contributed by atoms with Crippen molar-refractivity contribution in [3.63, 3.8) is 0 Å². The fourth-order valence-electron chi connectivity index (χ4n) is 1.62. The molecular weight excluding hydrogens is 254 g/mol. The Bertz CT molecular complexity index is 561. The summed E-state index contributed by atoms with van der Waals surface area (Å²) >= 11 is 0. The van der Waals surface area contributed by atoms with Crippen LogP contribution in [0.2, 0.25) is 0 Å². The van der Waals surface area contributed by atoms with Gasteiger partial charge in [0.15, 0.2) is 0 Å². The molecule has 2 heterocycles. The van der Waals surface area contributed by atoms with E-state index in [4.69, 9.17) is 0 Å². The highest BCUT2D eigenvalue weighted by Crippen LogP contribution is 2.13. The van der Waals surface area contributed by atoms with Gasteiger partial charge in [-0.15, -0.1) is 0 Å². The van der Waals surface area contributed by atoms with Crippen molar-refractivity contribution in [1.29, 1.82) is 0 Å². The van der Waals surface area contributed by atoms with E-state index in [1.807, 2.05) is 0 Å². The standard InChI is InChI=1S/C10H15N5O2S/c1-2-15(7-6-14-5-3-4-13-14)18(16,17)10-8-11-12-9-10/h3-5,8-9H,2,6-7H2,1H3,(H,11,12). The van der Waals surface area contributed by atoms with E-state index in [9.17, 15) is 8.42 Å². The van der Waals surface area contributed by atoms with Crippen LogP contribution in [0.15, 0.2) is 35.7 Å². The Hall–Kier alpha value is -1.67. The van der Waals surface area contributed by atoms with E-state index in [0.717, 1.165) is 0 Å². The SMILES string of the molecule is CCN(CCn1cccn1)S(=O)(=O)c1cn[nH]c1. The molecule has 0 radical (unpaired) electrons. The number of aromatic amines is 1. The lowest BCUT2D eigenvalue weighted by atomic mass is 10.6. The third-order valence-corrected chi connectivity index (χ3v) is 4.54. The highest BCUT2D eigenvalue weighted by Gasteiger charge is 2.23. The lowest BCUT2D eigenvalue weighted by molar-refractivity contribution is 0.397. The highest BCUT2D eigenvalue weighted by molar-refractivity contribution is 7.89. The van der Waals surface area contributed by atoms with Gasteiger partial charge in [-0.05, 0) is 6.07 Å². The van der Waals surface area contributed by atoms with E-state index in [1.54, 1.807) is 30.1 Å². The minimum Gasteiger partial charge on any atom is -0.284 e. The minimum atomic E-state index is -3.46. The summed E-state index contributed by atoms with van der Waals surface area (Å²) in [4.78, 5) is 0.185. The van der Waals surface area contributed by atoms with E-state index >= 15 is 0 Å². The van der Waals surface area contributed by atoms with Gasteiger partial charge in [-0.3, -0.25) is 9.78 Å². The summed E-state index contributed by atoms with van der Waals surface area (Å²) in [5.74, 6) is 0. The Morgan fingerprint density at radius 2 is 2.33 bits per heavy atom. The van der Waals surface area contributed by atoms with Crippen LogP contribution in [0.1, 0.15) is 6.92 Å². The van der Waals surface area contributed by atoms with Gasteiger partial charge < -0.3 is 0 Å². The van der Waals surface area contributed by atoms with Crippen LogP contribution in [0.25, 0.3) is 0 Å². The minimum absolute atomic E-state index is 0.185. The number of hydrogen-bond donors (Lipinski definition) is 1. The van der Waals surface area contributed by atoms with Gasteiger partial charge in [0, 0.05) is 31.7 Å². The van der Waals surface area contributed by atoms with Crippen molar-refractivity contribution in [3.05, 3.63) is 30.9 Å². The van der Waals surface area contributed by atoms with Crippen molar-refractivity contribution < 1.29 is 8.42 Å². The molecule has 0 amide bonds. The highest BCUT2D eigenvalue weighted by atomic mass is 32.2. The largest absolute Gasteiger partial charge is 0.284 e. The number of hydrogen-bond acceptors (Lipinski definition) is 4. The van der Waals surface area contributed by atoms with Gasteiger partial charge in [0.05, 0.1) is 12.7 Å². The molecule has 7 nitrogen and oxygen atoms in total. The molecule has 0 bridgehead atoms. The first kappa shape index (κ1) is 12.8. The van der Waals surface area contributed by atoms with Crippen molar-refractivity contribution in [2.24, 2.45) is 0 Å². The third kappa shape index (κ3) is 2.59. The molecule has 0 saturated carbocycles. The molecule has 0 unspecified atom stereocenters. The fourth-order valence-corrected chi connectivity index (χ4v) is 2.97. The average Bonchev–Trinajstić information content (AvgIpc) is 3.03. The number of nitrogens with one attached hydrogen (secondary N) is 1. The molecule has 8 heteroatoms. The Labute approximate surface area is 105 Å². The van der Waals surface area contributed by atoms with Crippen LogP contribution >= 0.6 is 0 Å². The zero-order valence-electron chi connectivity index (χ0n) is 10.0. The molecule has 2 aromatic rings. The summed E-state index contributed by atoms with van der Waals surface area (Å²) in [5, 5.41) is 10.2. The predicted molar refractivity (Wildman–Crippen MR) is 65.2 cm³/mol.